The van der Waals surface area contributed by atoms with E-state index in [9.17, 15) is 22.8 Å². The van der Waals surface area contributed by atoms with Crippen LogP contribution < -0.4 is 15.4 Å². The van der Waals surface area contributed by atoms with E-state index in [1.807, 2.05) is 13.8 Å². The molecule has 2 rings (SSSR count). The molecular weight excluding hydrogens is 385 g/mol. The van der Waals surface area contributed by atoms with Crippen molar-refractivity contribution < 1.29 is 27.5 Å². The Bertz CT molecular complexity index is 868. The quantitative estimate of drug-likeness (QED) is 0.707. The molecule has 0 aliphatic rings. The lowest BCUT2D eigenvalue weighted by Gasteiger charge is -2.17. The molecule has 0 spiro atoms. The average molecular weight is 408 g/mol. The fourth-order valence-electron chi connectivity index (χ4n) is 2.39. The lowest BCUT2D eigenvalue weighted by molar-refractivity contribution is -0.137. The summed E-state index contributed by atoms with van der Waals surface area (Å²) in [4.78, 5) is 24.5. The number of rotatable bonds is 7. The average Bonchev–Trinajstić information content (AvgIpc) is 2.67. The van der Waals surface area contributed by atoms with E-state index in [1.165, 1.54) is 30.3 Å². The van der Waals surface area contributed by atoms with Crippen LogP contribution in [0.3, 0.4) is 0 Å². The smallest absolute Gasteiger partial charge is 0.416 e. The molecule has 2 atom stereocenters. The predicted molar refractivity (Wildman–Crippen MR) is 103 cm³/mol. The molecule has 0 radical (unpaired) electrons. The van der Waals surface area contributed by atoms with Gasteiger partial charge in [0, 0.05) is 11.6 Å². The maximum atomic E-state index is 12.8. The van der Waals surface area contributed by atoms with E-state index < -0.39 is 23.7 Å². The molecule has 2 amide bonds. The number of nitrogens with one attached hydrogen (secondary N) is 2. The Morgan fingerprint density at radius 1 is 1.00 bits per heavy atom. The van der Waals surface area contributed by atoms with Gasteiger partial charge in [-0.25, -0.2) is 0 Å². The van der Waals surface area contributed by atoms with Crippen molar-refractivity contribution in [2.75, 3.05) is 0 Å². The van der Waals surface area contributed by atoms with Crippen LogP contribution in [0.1, 0.15) is 43.1 Å². The van der Waals surface area contributed by atoms with Gasteiger partial charge in [-0.2, -0.15) is 13.2 Å². The summed E-state index contributed by atoms with van der Waals surface area (Å²) in [5.41, 5.74) is -0.609. The second-order valence-corrected chi connectivity index (χ2v) is 6.67. The third-order valence-electron chi connectivity index (χ3n) is 4.24. The molecule has 2 aromatic rings. The van der Waals surface area contributed by atoms with E-state index in [2.05, 4.69) is 10.6 Å². The number of hydrogen-bond donors (Lipinski definition) is 2. The van der Waals surface area contributed by atoms with Gasteiger partial charge in [-0.1, -0.05) is 19.1 Å². The number of alkyl halides is 3. The first kappa shape index (κ1) is 22.3. The van der Waals surface area contributed by atoms with Gasteiger partial charge in [0.15, 0.2) is 0 Å². The molecule has 156 valence electrons. The summed E-state index contributed by atoms with van der Waals surface area (Å²) in [5, 5.41) is 5.37. The molecule has 2 unspecified atom stereocenters. The third-order valence-corrected chi connectivity index (χ3v) is 4.24. The zero-order valence-electron chi connectivity index (χ0n) is 16.3. The molecule has 0 saturated carbocycles. The third kappa shape index (κ3) is 6.51. The molecule has 8 heteroatoms. The molecule has 2 N–H and O–H groups in total. The van der Waals surface area contributed by atoms with E-state index in [0.29, 0.717) is 0 Å². The van der Waals surface area contributed by atoms with Crippen molar-refractivity contribution in [3.8, 4) is 11.5 Å². The molecular formula is C21H23F3N2O3. The number of amides is 2. The molecule has 5 nitrogen and oxygen atoms in total. The molecule has 0 aliphatic carbocycles. The molecule has 0 bridgehead atoms. The van der Waals surface area contributed by atoms with Crippen LogP contribution in [0.4, 0.5) is 13.2 Å². The van der Waals surface area contributed by atoms with Crippen LogP contribution in [0, 0.1) is 0 Å². The minimum atomic E-state index is -4.48. The van der Waals surface area contributed by atoms with Gasteiger partial charge in [0.2, 0.25) is 5.91 Å². The van der Waals surface area contributed by atoms with Crippen LogP contribution in [0.25, 0.3) is 0 Å². The van der Waals surface area contributed by atoms with E-state index in [1.54, 1.807) is 13.0 Å². The highest BCUT2D eigenvalue weighted by atomic mass is 19.4. The van der Waals surface area contributed by atoms with E-state index in [4.69, 9.17) is 4.74 Å². The molecule has 0 saturated heterocycles. The number of benzene rings is 2. The lowest BCUT2D eigenvalue weighted by atomic mass is 10.1. The minimum absolute atomic E-state index is 0.00122. The summed E-state index contributed by atoms with van der Waals surface area (Å²) >= 11 is 0. The SMILES string of the molecule is CCC(C)NC(=O)C(C)NC(=O)c1cccc(Oc2cccc(C(F)(F)F)c2)c1. The zero-order valence-corrected chi connectivity index (χ0v) is 16.3. The monoisotopic (exact) mass is 408 g/mol. The van der Waals surface area contributed by atoms with Gasteiger partial charge >= 0.3 is 6.18 Å². The van der Waals surface area contributed by atoms with Crippen molar-refractivity contribution in [3.05, 3.63) is 59.7 Å². The van der Waals surface area contributed by atoms with Gasteiger partial charge in [-0.15, -0.1) is 0 Å². The maximum absolute atomic E-state index is 12.8. The van der Waals surface area contributed by atoms with Gasteiger partial charge in [0.05, 0.1) is 5.56 Å². The Kier molecular flexibility index (Phi) is 7.25. The van der Waals surface area contributed by atoms with Crippen LogP contribution >= 0.6 is 0 Å². The standard InChI is InChI=1S/C21H23F3N2O3/c1-4-13(2)25-19(27)14(3)26-20(28)15-7-5-9-17(11-15)29-18-10-6-8-16(12-18)21(22,23)24/h5-14H,4H2,1-3H3,(H,25,27)(H,26,28). The molecule has 0 heterocycles. The number of carbonyl (C=O) groups excluding carboxylic acids is 2. The van der Waals surface area contributed by atoms with Crippen molar-refractivity contribution >= 4 is 11.8 Å². The van der Waals surface area contributed by atoms with Crippen LogP contribution in [-0.2, 0) is 11.0 Å². The molecule has 0 fully saturated rings. The summed E-state index contributed by atoms with van der Waals surface area (Å²) in [6, 6.07) is 9.70. The van der Waals surface area contributed by atoms with Crippen LogP contribution in [0.5, 0.6) is 11.5 Å². The second-order valence-electron chi connectivity index (χ2n) is 6.67. The van der Waals surface area contributed by atoms with Crippen molar-refractivity contribution in [2.24, 2.45) is 0 Å². The summed E-state index contributed by atoms with van der Waals surface area (Å²) < 4.78 is 43.9. The number of halogens is 3. The Balaban J connectivity index is 2.07. The topological polar surface area (TPSA) is 67.4 Å². The lowest BCUT2D eigenvalue weighted by Crippen LogP contribution is -2.47. The molecule has 29 heavy (non-hydrogen) atoms. The van der Waals surface area contributed by atoms with E-state index in [0.717, 1.165) is 18.6 Å². The number of ether oxygens (including phenoxy) is 1. The first-order valence-corrected chi connectivity index (χ1v) is 9.16. The first-order chi connectivity index (χ1) is 13.6. The van der Waals surface area contributed by atoms with Crippen molar-refractivity contribution in [1.29, 1.82) is 0 Å². The highest BCUT2D eigenvalue weighted by Crippen LogP contribution is 2.32. The second kappa shape index (κ2) is 9.45. The maximum Gasteiger partial charge on any atom is 0.416 e. The fourth-order valence-corrected chi connectivity index (χ4v) is 2.39. The van der Waals surface area contributed by atoms with Crippen molar-refractivity contribution in [3.63, 3.8) is 0 Å². The summed E-state index contributed by atoms with van der Waals surface area (Å²) in [5.74, 6) is -0.595. The Morgan fingerprint density at radius 3 is 2.24 bits per heavy atom. The summed E-state index contributed by atoms with van der Waals surface area (Å²) in [6.07, 6.45) is -3.71. The Labute approximate surface area is 167 Å². The van der Waals surface area contributed by atoms with Crippen molar-refractivity contribution in [1.82, 2.24) is 10.6 Å². The van der Waals surface area contributed by atoms with Gasteiger partial charge in [-0.3, -0.25) is 9.59 Å². The van der Waals surface area contributed by atoms with E-state index in [-0.39, 0.29) is 29.0 Å². The van der Waals surface area contributed by atoms with Crippen molar-refractivity contribution in [2.45, 2.75) is 45.5 Å². The van der Waals surface area contributed by atoms with E-state index >= 15 is 0 Å². The molecule has 0 aromatic heterocycles. The van der Waals surface area contributed by atoms with Crippen LogP contribution in [0.2, 0.25) is 0 Å². The fraction of sp³-hybridized carbons (Fsp3) is 0.333. The Morgan fingerprint density at radius 2 is 1.62 bits per heavy atom. The van der Waals surface area contributed by atoms with Crippen LogP contribution in [-0.4, -0.2) is 23.9 Å². The minimum Gasteiger partial charge on any atom is -0.457 e. The van der Waals surface area contributed by atoms with Gasteiger partial charge < -0.3 is 15.4 Å². The van der Waals surface area contributed by atoms with Gasteiger partial charge in [-0.05, 0) is 56.7 Å². The highest BCUT2D eigenvalue weighted by Gasteiger charge is 2.30. The summed E-state index contributed by atoms with van der Waals surface area (Å²) in [6.45, 7) is 5.36. The molecule has 0 aliphatic heterocycles. The molecule has 2 aromatic carbocycles. The normalized spacial score (nSPS) is 13.3. The van der Waals surface area contributed by atoms with Crippen LogP contribution in [0.15, 0.2) is 48.5 Å². The highest BCUT2D eigenvalue weighted by molar-refractivity contribution is 5.97. The predicted octanol–water partition coefficient (Wildman–Crippen LogP) is 4.53. The largest absolute Gasteiger partial charge is 0.457 e. The Hall–Kier alpha value is -3.03. The van der Waals surface area contributed by atoms with Gasteiger partial charge in [0.25, 0.3) is 5.91 Å². The summed E-state index contributed by atoms with van der Waals surface area (Å²) in [7, 11) is 0. The number of carbonyl (C=O) groups is 2. The zero-order chi connectivity index (χ0) is 21.6. The number of hydrogen-bond acceptors (Lipinski definition) is 3. The first-order valence-electron chi connectivity index (χ1n) is 9.16. The van der Waals surface area contributed by atoms with Gasteiger partial charge in [0.1, 0.15) is 17.5 Å².